The summed E-state index contributed by atoms with van der Waals surface area (Å²) in [6.07, 6.45) is 3.63. The first kappa shape index (κ1) is 14.5. The normalized spacial score (nSPS) is 15.8. The molecule has 1 unspecified atom stereocenters. The number of carboxylic acids is 1. The predicted octanol–water partition coefficient (Wildman–Crippen LogP) is 0.272. The van der Waals surface area contributed by atoms with E-state index in [9.17, 15) is 14.4 Å². The van der Waals surface area contributed by atoms with Gasteiger partial charge in [0.05, 0.1) is 6.54 Å². The van der Waals surface area contributed by atoms with Crippen LogP contribution >= 0.6 is 0 Å². The Morgan fingerprint density at radius 1 is 1.28 bits per heavy atom. The molecule has 0 aromatic carbocycles. The van der Waals surface area contributed by atoms with Gasteiger partial charge in [0.1, 0.15) is 6.04 Å². The van der Waals surface area contributed by atoms with E-state index in [4.69, 9.17) is 5.11 Å². The smallest absolute Gasteiger partial charge is 0.326 e. The van der Waals surface area contributed by atoms with Gasteiger partial charge in [0.15, 0.2) is 0 Å². The summed E-state index contributed by atoms with van der Waals surface area (Å²) >= 11 is 0. The van der Waals surface area contributed by atoms with Gasteiger partial charge in [-0.05, 0) is 18.8 Å². The first-order valence-corrected chi connectivity index (χ1v) is 6.31. The van der Waals surface area contributed by atoms with E-state index in [-0.39, 0.29) is 12.5 Å². The molecule has 0 bridgehead atoms. The van der Waals surface area contributed by atoms with E-state index in [2.05, 4.69) is 10.6 Å². The van der Waals surface area contributed by atoms with E-state index in [0.717, 1.165) is 12.8 Å². The highest BCUT2D eigenvalue weighted by Gasteiger charge is 2.30. The summed E-state index contributed by atoms with van der Waals surface area (Å²) in [4.78, 5) is 33.6. The number of aliphatic carboxylic acids is 1. The number of nitrogens with one attached hydrogen (secondary N) is 2. The largest absolute Gasteiger partial charge is 0.480 e. The van der Waals surface area contributed by atoms with Gasteiger partial charge in [0.25, 0.3) is 0 Å². The third kappa shape index (κ3) is 5.65. The number of hydrogen-bond acceptors (Lipinski definition) is 3. The number of carboxylic acid groups (broad SMARTS) is 1. The van der Waals surface area contributed by atoms with Crippen molar-refractivity contribution >= 4 is 17.8 Å². The minimum atomic E-state index is -1.02. The molecule has 0 aromatic heterocycles. The van der Waals surface area contributed by atoms with Gasteiger partial charge < -0.3 is 15.7 Å². The number of hydrogen-bond donors (Lipinski definition) is 3. The first-order valence-electron chi connectivity index (χ1n) is 6.31. The quantitative estimate of drug-likeness (QED) is 0.581. The van der Waals surface area contributed by atoms with Crippen LogP contribution in [0.15, 0.2) is 0 Å². The summed E-state index contributed by atoms with van der Waals surface area (Å²) in [6.45, 7) is 1.71. The Labute approximate surface area is 106 Å². The predicted molar refractivity (Wildman–Crippen MR) is 64.8 cm³/mol. The molecule has 0 aromatic rings. The fourth-order valence-corrected chi connectivity index (χ4v) is 1.65. The molecule has 0 saturated heterocycles. The van der Waals surface area contributed by atoms with Crippen LogP contribution in [0.1, 0.15) is 39.0 Å². The molecule has 2 amide bonds. The van der Waals surface area contributed by atoms with Crippen molar-refractivity contribution in [1.82, 2.24) is 10.6 Å². The van der Waals surface area contributed by atoms with Crippen molar-refractivity contribution in [2.24, 2.45) is 5.92 Å². The van der Waals surface area contributed by atoms with Crippen molar-refractivity contribution in [2.75, 3.05) is 6.54 Å². The van der Waals surface area contributed by atoms with Crippen molar-refractivity contribution < 1.29 is 19.5 Å². The molecule has 102 valence electrons. The van der Waals surface area contributed by atoms with Gasteiger partial charge in [-0.25, -0.2) is 4.79 Å². The van der Waals surface area contributed by atoms with Crippen LogP contribution in [-0.2, 0) is 14.4 Å². The Bertz CT molecular complexity index is 326. The van der Waals surface area contributed by atoms with Crippen LogP contribution < -0.4 is 10.6 Å². The van der Waals surface area contributed by atoms with E-state index in [1.165, 1.54) is 0 Å². The van der Waals surface area contributed by atoms with Crippen LogP contribution in [0.2, 0.25) is 0 Å². The zero-order valence-electron chi connectivity index (χ0n) is 10.6. The molecule has 1 fully saturated rings. The molecule has 0 heterocycles. The summed E-state index contributed by atoms with van der Waals surface area (Å²) in [5.41, 5.74) is 0. The summed E-state index contributed by atoms with van der Waals surface area (Å²) in [5, 5.41) is 13.8. The maximum Gasteiger partial charge on any atom is 0.326 e. The molecule has 0 aliphatic heterocycles. The van der Waals surface area contributed by atoms with Crippen LogP contribution in [0, 0.1) is 5.92 Å². The number of carbonyl (C=O) groups is 3. The topological polar surface area (TPSA) is 95.5 Å². The molecule has 6 nitrogen and oxygen atoms in total. The SMILES string of the molecule is CCCC(=O)NCC(=O)NC(CC1CC1)C(=O)O. The second-order valence-electron chi connectivity index (χ2n) is 4.66. The maximum atomic E-state index is 11.5. The highest BCUT2D eigenvalue weighted by Crippen LogP contribution is 2.33. The Morgan fingerprint density at radius 2 is 1.94 bits per heavy atom. The van der Waals surface area contributed by atoms with Crippen molar-refractivity contribution in [1.29, 1.82) is 0 Å². The highest BCUT2D eigenvalue weighted by molar-refractivity contribution is 5.87. The van der Waals surface area contributed by atoms with Gasteiger partial charge in [-0.3, -0.25) is 9.59 Å². The molecule has 1 saturated carbocycles. The fraction of sp³-hybridized carbons (Fsp3) is 0.750. The zero-order chi connectivity index (χ0) is 13.5. The third-order valence-corrected chi connectivity index (χ3v) is 2.82. The van der Waals surface area contributed by atoms with E-state index in [0.29, 0.717) is 25.2 Å². The molecular formula is C12H20N2O4. The van der Waals surface area contributed by atoms with Gasteiger partial charge in [0, 0.05) is 6.42 Å². The van der Waals surface area contributed by atoms with Crippen LogP contribution in [0.5, 0.6) is 0 Å². The second kappa shape index (κ2) is 6.98. The van der Waals surface area contributed by atoms with Gasteiger partial charge in [0.2, 0.25) is 11.8 Å². The summed E-state index contributed by atoms with van der Waals surface area (Å²) in [5.74, 6) is -1.24. The average Bonchev–Trinajstić information content (AvgIpc) is 3.09. The lowest BCUT2D eigenvalue weighted by atomic mass is 10.1. The lowest BCUT2D eigenvalue weighted by Crippen LogP contribution is -2.45. The fourth-order valence-electron chi connectivity index (χ4n) is 1.65. The lowest BCUT2D eigenvalue weighted by molar-refractivity contribution is -0.142. The second-order valence-corrected chi connectivity index (χ2v) is 4.66. The molecule has 1 rings (SSSR count). The minimum Gasteiger partial charge on any atom is -0.480 e. The monoisotopic (exact) mass is 256 g/mol. The van der Waals surface area contributed by atoms with Crippen LogP contribution in [-0.4, -0.2) is 35.5 Å². The van der Waals surface area contributed by atoms with E-state index >= 15 is 0 Å². The molecule has 0 spiro atoms. The van der Waals surface area contributed by atoms with Crippen LogP contribution in [0.4, 0.5) is 0 Å². The number of carbonyl (C=O) groups excluding carboxylic acids is 2. The Kier molecular flexibility index (Phi) is 5.61. The first-order chi connectivity index (χ1) is 8.52. The van der Waals surface area contributed by atoms with Gasteiger partial charge in [-0.15, -0.1) is 0 Å². The van der Waals surface area contributed by atoms with Crippen molar-refractivity contribution in [3.8, 4) is 0 Å². The molecule has 1 atom stereocenters. The van der Waals surface area contributed by atoms with Crippen LogP contribution in [0.3, 0.4) is 0 Å². The Balaban J connectivity index is 2.27. The van der Waals surface area contributed by atoms with E-state index < -0.39 is 17.9 Å². The number of rotatable bonds is 8. The number of amides is 2. The van der Waals surface area contributed by atoms with E-state index in [1.54, 1.807) is 0 Å². The van der Waals surface area contributed by atoms with Gasteiger partial charge in [-0.2, -0.15) is 0 Å². The molecule has 18 heavy (non-hydrogen) atoms. The van der Waals surface area contributed by atoms with Crippen molar-refractivity contribution in [3.05, 3.63) is 0 Å². The standard InChI is InChI=1S/C12H20N2O4/c1-2-3-10(15)13-7-11(16)14-9(12(17)18)6-8-4-5-8/h8-9H,2-7H2,1H3,(H,13,15)(H,14,16)(H,17,18). The van der Waals surface area contributed by atoms with Crippen LogP contribution in [0.25, 0.3) is 0 Å². The van der Waals surface area contributed by atoms with Gasteiger partial charge in [-0.1, -0.05) is 19.8 Å². The Hall–Kier alpha value is -1.59. The molecule has 0 radical (unpaired) electrons. The lowest BCUT2D eigenvalue weighted by Gasteiger charge is -2.14. The molecule has 1 aliphatic carbocycles. The van der Waals surface area contributed by atoms with Gasteiger partial charge >= 0.3 is 5.97 Å². The van der Waals surface area contributed by atoms with Crippen molar-refractivity contribution in [2.45, 2.75) is 45.1 Å². The van der Waals surface area contributed by atoms with E-state index in [1.807, 2.05) is 6.92 Å². The highest BCUT2D eigenvalue weighted by atomic mass is 16.4. The molecule has 6 heteroatoms. The summed E-state index contributed by atoms with van der Waals surface area (Å²) < 4.78 is 0. The maximum absolute atomic E-state index is 11.5. The average molecular weight is 256 g/mol. The van der Waals surface area contributed by atoms with Crippen molar-refractivity contribution in [3.63, 3.8) is 0 Å². The third-order valence-electron chi connectivity index (χ3n) is 2.82. The Morgan fingerprint density at radius 3 is 2.44 bits per heavy atom. The molecule has 1 aliphatic rings. The summed E-state index contributed by atoms with van der Waals surface area (Å²) in [6, 6.07) is -0.840. The molecular weight excluding hydrogens is 236 g/mol. The molecule has 3 N–H and O–H groups in total. The summed E-state index contributed by atoms with van der Waals surface area (Å²) in [7, 11) is 0. The zero-order valence-corrected chi connectivity index (χ0v) is 10.6. The minimum absolute atomic E-state index is 0.159.